The number of benzene rings is 1. The molecule has 1 aliphatic heterocycles. The number of fused-ring (bicyclic) bond motifs is 1. The highest BCUT2D eigenvalue weighted by atomic mass is 16.3. The number of nitrogens with zero attached hydrogens (tertiary/aromatic N) is 1. The summed E-state index contributed by atoms with van der Waals surface area (Å²) in [5.74, 6) is 0.0853. The van der Waals surface area contributed by atoms with E-state index in [9.17, 15) is 4.79 Å². The second-order valence-electron chi connectivity index (χ2n) is 4.61. The van der Waals surface area contributed by atoms with Crippen LogP contribution in [0.1, 0.15) is 18.9 Å². The minimum atomic E-state index is -0.180. The molecular formula is C14H20N2O2. The standard InChI is InChI=1S/C14H20N2O2/c1-2-7-16(8-9-17)14(18)13-10-11-5-3-4-6-12(11)15-13/h3-6,13,15,17H,2,7-10H2,1H3/t13-/m0/s1. The Morgan fingerprint density at radius 1 is 1.44 bits per heavy atom. The maximum Gasteiger partial charge on any atom is 0.245 e. The first kappa shape index (κ1) is 12.9. The second-order valence-corrected chi connectivity index (χ2v) is 4.61. The van der Waals surface area contributed by atoms with Crippen molar-refractivity contribution >= 4 is 11.6 Å². The maximum atomic E-state index is 12.3. The van der Waals surface area contributed by atoms with Crippen LogP contribution in [0.5, 0.6) is 0 Å². The number of carbonyl (C=O) groups excluding carboxylic acids is 1. The van der Waals surface area contributed by atoms with E-state index in [1.165, 1.54) is 5.56 Å². The number of hydrogen-bond acceptors (Lipinski definition) is 3. The molecule has 1 atom stereocenters. The number of para-hydroxylation sites is 1. The van der Waals surface area contributed by atoms with Crippen LogP contribution in [0, 0.1) is 0 Å². The average Bonchev–Trinajstić information content (AvgIpc) is 2.81. The number of aliphatic hydroxyl groups is 1. The summed E-state index contributed by atoms with van der Waals surface area (Å²) in [5, 5.41) is 12.3. The summed E-state index contributed by atoms with van der Waals surface area (Å²) in [5.41, 5.74) is 2.24. The molecule has 0 unspecified atom stereocenters. The Morgan fingerprint density at radius 3 is 2.89 bits per heavy atom. The van der Waals surface area contributed by atoms with Gasteiger partial charge in [0.15, 0.2) is 0 Å². The van der Waals surface area contributed by atoms with Gasteiger partial charge in [-0.05, 0) is 18.1 Å². The summed E-state index contributed by atoms with van der Waals surface area (Å²) in [6.07, 6.45) is 1.64. The first-order chi connectivity index (χ1) is 8.76. The van der Waals surface area contributed by atoms with Gasteiger partial charge in [0, 0.05) is 25.2 Å². The highest BCUT2D eigenvalue weighted by Crippen LogP contribution is 2.25. The van der Waals surface area contributed by atoms with Crippen LogP contribution >= 0.6 is 0 Å². The van der Waals surface area contributed by atoms with Crippen LogP contribution in [0.15, 0.2) is 24.3 Å². The lowest BCUT2D eigenvalue weighted by Crippen LogP contribution is -2.43. The van der Waals surface area contributed by atoms with Gasteiger partial charge in [-0.15, -0.1) is 0 Å². The predicted molar refractivity (Wildman–Crippen MR) is 71.5 cm³/mol. The van der Waals surface area contributed by atoms with E-state index in [1.807, 2.05) is 31.2 Å². The second kappa shape index (κ2) is 5.87. The summed E-state index contributed by atoms with van der Waals surface area (Å²) in [7, 11) is 0. The first-order valence-electron chi connectivity index (χ1n) is 6.50. The van der Waals surface area contributed by atoms with Crippen LogP contribution < -0.4 is 5.32 Å². The van der Waals surface area contributed by atoms with E-state index >= 15 is 0 Å². The molecule has 4 nitrogen and oxygen atoms in total. The Hall–Kier alpha value is -1.55. The van der Waals surface area contributed by atoms with Gasteiger partial charge >= 0.3 is 0 Å². The third kappa shape index (κ3) is 2.64. The largest absolute Gasteiger partial charge is 0.395 e. The topological polar surface area (TPSA) is 52.6 Å². The third-order valence-corrected chi connectivity index (χ3v) is 3.24. The van der Waals surface area contributed by atoms with Gasteiger partial charge in [0.25, 0.3) is 0 Å². The average molecular weight is 248 g/mol. The van der Waals surface area contributed by atoms with E-state index < -0.39 is 0 Å². The Labute approximate surface area is 108 Å². The Bertz CT molecular complexity index is 389. The van der Waals surface area contributed by atoms with Gasteiger partial charge in [-0.1, -0.05) is 25.1 Å². The van der Waals surface area contributed by atoms with Crippen LogP contribution in [0.3, 0.4) is 0 Å². The maximum absolute atomic E-state index is 12.3. The van der Waals surface area contributed by atoms with Crippen LogP contribution in [0.4, 0.5) is 5.69 Å². The molecule has 1 heterocycles. The molecule has 0 saturated carbocycles. The molecular weight excluding hydrogens is 228 g/mol. The van der Waals surface area contributed by atoms with Gasteiger partial charge in [0.1, 0.15) is 6.04 Å². The predicted octanol–water partition coefficient (Wildman–Crippen LogP) is 1.25. The van der Waals surface area contributed by atoms with Crippen molar-refractivity contribution in [1.82, 2.24) is 4.90 Å². The molecule has 0 radical (unpaired) electrons. The van der Waals surface area contributed by atoms with Crippen molar-refractivity contribution in [1.29, 1.82) is 0 Å². The van der Waals surface area contributed by atoms with Crippen molar-refractivity contribution < 1.29 is 9.90 Å². The smallest absolute Gasteiger partial charge is 0.245 e. The summed E-state index contributed by atoms with van der Waals surface area (Å²) in [6.45, 7) is 3.18. The van der Waals surface area contributed by atoms with Crippen LogP contribution in [0.25, 0.3) is 0 Å². The Morgan fingerprint density at radius 2 is 2.22 bits per heavy atom. The van der Waals surface area contributed by atoms with Crippen LogP contribution in [-0.2, 0) is 11.2 Å². The van der Waals surface area contributed by atoms with Gasteiger partial charge in [-0.2, -0.15) is 0 Å². The summed E-state index contributed by atoms with van der Waals surface area (Å²) in [6, 6.07) is 7.83. The highest BCUT2D eigenvalue weighted by molar-refractivity contribution is 5.87. The van der Waals surface area contributed by atoms with Crippen molar-refractivity contribution in [2.24, 2.45) is 0 Å². The number of nitrogens with one attached hydrogen (secondary N) is 1. The van der Waals surface area contributed by atoms with Crippen molar-refractivity contribution in [2.75, 3.05) is 25.0 Å². The van der Waals surface area contributed by atoms with Crippen molar-refractivity contribution in [3.05, 3.63) is 29.8 Å². The van der Waals surface area contributed by atoms with Gasteiger partial charge in [0.05, 0.1) is 6.61 Å². The quantitative estimate of drug-likeness (QED) is 0.824. The fourth-order valence-electron chi connectivity index (χ4n) is 2.39. The molecule has 4 heteroatoms. The molecule has 0 fully saturated rings. The zero-order valence-electron chi connectivity index (χ0n) is 10.7. The number of amides is 1. The zero-order chi connectivity index (χ0) is 13.0. The molecule has 0 bridgehead atoms. The SMILES string of the molecule is CCCN(CCO)C(=O)[C@@H]1Cc2ccccc2N1. The first-order valence-corrected chi connectivity index (χ1v) is 6.50. The van der Waals surface area contributed by atoms with Gasteiger partial charge in [0.2, 0.25) is 5.91 Å². The fourth-order valence-corrected chi connectivity index (χ4v) is 2.39. The van der Waals surface area contributed by atoms with E-state index in [0.29, 0.717) is 13.1 Å². The molecule has 98 valence electrons. The van der Waals surface area contributed by atoms with Crippen molar-refractivity contribution in [3.63, 3.8) is 0 Å². The summed E-state index contributed by atoms with van der Waals surface area (Å²) >= 11 is 0. The number of aliphatic hydroxyl groups excluding tert-OH is 1. The Balaban J connectivity index is 2.03. The molecule has 0 saturated heterocycles. The molecule has 0 aliphatic carbocycles. The molecule has 1 aromatic carbocycles. The molecule has 0 spiro atoms. The van der Waals surface area contributed by atoms with Crippen molar-refractivity contribution in [2.45, 2.75) is 25.8 Å². The normalized spacial score (nSPS) is 17.1. The van der Waals surface area contributed by atoms with Crippen LogP contribution in [-0.4, -0.2) is 41.7 Å². The molecule has 1 aromatic rings. The number of rotatable bonds is 5. The van der Waals surface area contributed by atoms with E-state index in [1.54, 1.807) is 4.90 Å². The summed E-state index contributed by atoms with van der Waals surface area (Å²) in [4.78, 5) is 14.1. The molecule has 1 aliphatic rings. The van der Waals surface area contributed by atoms with Gasteiger partial charge < -0.3 is 15.3 Å². The number of carbonyl (C=O) groups is 1. The van der Waals surface area contributed by atoms with Gasteiger partial charge in [-0.25, -0.2) is 0 Å². The van der Waals surface area contributed by atoms with Crippen LogP contribution in [0.2, 0.25) is 0 Å². The van der Waals surface area contributed by atoms with E-state index in [4.69, 9.17) is 5.11 Å². The third-order valence-electron chi connectivity index (χ3n) is 3.24. The minimum absolute atomic E-state index is 0.0193. The zero-order valence-corrected chi connectivity index (χ0v) is 10.7. The lowest BCUT2D eigenvalue weighted by molar-refractivity contribution is -0.132. The number of anilines is 1. The molecule has 18 heavy (non-hydrogen) atoms. The minimum Gasteiger partial charge on any atom is -0.395 e. The monoisotopic (exact) mass is 248 g/mol. The number of hydrogen-bond donors (Lipinski definition) is 2. The summed E-state index contributed by atoms with van der Waals surface area (Å²) < 4.78 is 0. The Kier molecular flexibility index (Phi) is 4.20. The highest BCUT2D eigenvalue weighted by Gasteiger charge is 2.29. The fraction of sp³-hybridized carbons (Fsp3) is 0.500. The van der Waals surface area contributed by atoms with Crippen molar-refractivity contribution in [3.8, 4) is 0 Å². The molecule has 2 N–H and O–H groups in total. The lowest BCUT2D eigenvalue weighted by atomic mass is 10.1. The van der Waals surface area contributed by atoms with E-state index in [-0.39, 0.29) is 18.6 Å². The molecule has 1 amide bonds. The van der Waals surface area contributed by atoms with E-state index in [2.05, 4.69) is 5.32 Å². The lowest BCUT2D eigenvalue weighted by Gasteiger charge is -2.24. The molecule has 2 rings (SSSR count). The van der Waals surface area contributed by atoms with Gasteiger partial charge in [-0.3, -0.25) is 4.79 Å². The molecule has 0 aromatic heterocycles. The van der Waals surface area contributed by atoms with E-state index in [0.717, 1.165) is 18.5 Å².